The molecule has 3 amide bonds. The maximum Gasteiger partial charge on any atom is 0.319 e. The first-order chi connectivity index (χ1) is 15.2. The Hall–Kier alpha value is -3.69. The van der Waals surface area contributed by atoms with E-state index in [2.05, 4.69) is 20.6 Å². The van der Waals surface area contributed by atoms with E-state index in [1.165, 1.54) is 24.5 Å². The van der Waals surface area contributed by atoms with Gasteiger partial charge in [-0.05, 0) is 31.0 Å². The van der Waals surface area contributed by atoms with E-state index < -0.39 is 12.1 Å². The van der Waals surface area contributed by atoms with Crippen molar-refractivity contribution in [2.75, 3.05) is 23.3 Å². The summed E-state index contributed by atoms with van der Waals surface area (Å²) in [4.78, 5) is 34.1. The molecule has 1 saturated heterocycles. The number of carbonyl (C=O) groups excluding carboxylic acids is 2. The Balaban J connectivity index is 1.43. The largest absolute Gasteiger partial charge is 0.459 e. The van der Waals surface area contributed by atoms with Crippen LogP contribution in [0.2, 0.25) is 0 Å². The van der Waals surface area contributed by atoms with Gasteiger partial charge in [-0.2, -0.15) is 0 Å². The van der Waals surface area contributed by atoms with Gasteiger partial charge in [0.15, 0.2) is 0 Å². The third kappa shape index (κ3) is 4.20. The van der Waals surface area contributed by atoms with Gasteiger partial charge in [-0.1, -0.05) is 13.8 Å². The van der Waals surface area contributed by atoms with Crippen molar-refractivity contribution in [2.24, 2.45) is 17.6 Å². The molecule has 1 aromatic carbocycles. The number of halogens is 1. The number of carbonyl (C=O) groups is 2. The zero-order valence-electron chi connectivity index (χ0n) is 18.1. The zero-order chi connectivity index (χ0) is 23.0. The van der Waals surface area contributed by atoms with Crippen molar-refractivity contribution in [3.8, 4) is 0 Å². The Bertz CT molecular complexity index is 1150. The van der Waals surface area contributed by atoms with Crippen molar-refractivity contribution in [2.45, 2.75) is 26.8 Å². The van der Waals surface area contributed by atoms with E-state index in [1.54, 1.807) is 6.07 Å². The molecule has 1 aliphatic rings. The molecule has 0 unspecified atom stereocenters. The predicted molar refractivity (Wildman–Crippen MR) is 118 cm³/mol. The van der Waals surface area contributed by atoms with Gasteiger partial charge < -0.3 is 25.7 Å². The summed E-state index contributed by atoms with van der Waals surface area (Å²) in [5.74, 6) is 0.219. The molecule has 168 valence electrons. The van der Waals surface area contributed by atoms with Gasteiger partial charge in [-0.15, -0.1) is 0 Å². The summed E-state index contributed by atoms with van der Waals surface area (Å²) < 4.78 is 19.6. The van der Waals surface area contributed by atoms with Gasteiger partial charge in [0.2, 0.25) is 11.9 Å². The monoisotopic (exact) mass is 440 g/mol. The molecule has 1 atom stereocenters. The van der Waals surface area contributed by atoms with Crippen molar-refractivity contribution in [1.82, 2.24) is 15.3 Å². The number of fused-ring (bicyclic) bond motifs is 1. The van der Waals surface area contributed by atoms with Crippen LogP contribution in [0.4, 0.5) is 20.8 Å². The smallest absolute Gasteiger partial charge is 0.319 e. The molecule has 0 radical (unpaired) electrons. The van der Waals surface area contributed by atoms with Crippen molar-refractivity contribution in [3.63, 3.8) is 0 Å². The molecule has 2 aromatic heterocycles. The van der Waals surface area contributed by atoms with Gasteiger partial charge >= 0.3 is 6.03 Å². The van der Waals surface area contributed by atoms with E-state index in [4.69, 9.17) is 10.2 Å². The number of urea groups is 1. The SMILES string of the molecule is Cc1c([C@H](NC(=O)Nc2cnc(N3CC(C(N)=O)C3)nc2)C(C)C)oc2ccc(F)cc12. The maximum atomic E-state index is 13.6. The van der Waals surface area contributed by atoms with Gasteiger partial charge in [-0.25, -0.2) is 19.2 Å². The molecular weight excluding hydrogens is 415 g/mol. The van der Waals surface area contributed by atoms with Crippen LogP contribution in [0.15, 0.2) is 35.0 Å². The molecule has 1 aliphatic heterocycles. The number of furan rings is 1. The lowest BCUT2D eigenvalue weighted by atomic mass is 9.98. The molecule has 0 saturated carbocycles. The number of hydrogen-bond donors (Lipinski definition) is 3. The Morgan fingerprint density at radius 1 is 1.25 bits per heavy atom. The number of benzene rings is 1. The Kier molecular flexibility index (Phi) is 5.68. The van der Waals surface area contributed by atoms with Crippen LogP contribution in [-0.4, -0.2) is 35.0 Å². The highest BCUT2D eigenvalue weighted by molar-refractivity contribution is 5.89. The van der Waals surface area contributed by atoms with Crippen LogP contribution in [0.3, 0.4) is 0 Å². The highest BCUT2D eigenvalue weighted by Gasteiger charge is 2.32. The third-order valence-corrected chi connectivity index (χ3v) is 5.63. The number of amides is 3. The van der Waals surface area contributed by atoms with E-state index in [9.17, 15) is 14.0 Å². The summed E-state index contributed by atoms with van der Waals surface area (Å²) >= 11 is 0. The standard InChI is InChI=1S/C22H25FN6O3/c1-11(2)18(19-12(3)16-6-14(23)4-5-17(16)32-19)28-22(31)27-15-7-25-21(26-8-15)29-9-13(10-29)20(24)30/h4-8,11,13,18H,9-10H2,1-3H3,(H2,24,30)(H2,27,28,31)/t18-/m1/s1. The fourth-order valence-corrected chi connectivity index (χ4v) is 3.72. The summed E-state index contributed by atoms with van der Waals surface area (Å²) in [6.45, 7) is 6.74. The topological polar surface area (TPSA) is 126 Å². The highest BCUT2D eigenvalue weighted by atomic mass is 19.1. The second-order valence-corrected chi connectivity index (χ2v) is 8.33. The lowest BCUT2D eigenvalue weighted by Gasteiger charge is -2.37. The molecule has 4 N–H and O–H groups in total. The number of aromatic nitrogens is 2. The summed E-state index contributed by atoms with van der Waals surface area (Å²) in [7, 11) is 0. The van der Waals surface area contributed by atoms with E-state index in [0.29, 0.717) is 41.5 Å². The minimum Gasteiger partial charge on any atom is -0.459 e. The highest BCUT2D eigenvalue weighted by Crippen LogP contribution is 2.33. The Morgan fingerprint density at radius 2 is 1.94 bits per heavy atom. The lowest BCUT2D eigenvalue weighted by molar-refractivity contribution is -0.122. The van der Waals surface area contributed by atoms with Crippen molar-refractivity contribution >= 4 is 34.5 Å². The predicted octanol–water partition coefficient (Wildman–Crippen LogP) is 3.11. The van der Waals surface area contributed by atoms with Crippen LogP contribution >= 0.6 is 0 Å². The van der Waals surface area contributed by atoms with E-state index >= 15 is 0 Å². The molecule has 1 fully saturated rings. The van der Waals surface area contributed by atoms with E-state index in [1.807, 2.05) is 25.7 Å². The number of rotatable bonds is 6. The van der Waals surface area contributed by atoms with E-state index in [-0.39, 0.29) is 23.6 Å². The first-order valence-electron chi connectivity index (χ1n) is 10.3. The second-order valence-electron chi connectivity index (χ2n) is 8.33. The van der Waals surface area contributed by atoms with Crippen LogP contribution in [-0.2, 0) is 4.79 Å². The van der Waals surface area contributed by atoms with Crippen LogP contribution in [0.25, 0.3) is 11.0 Å². The van der Waals surface area contributed by atoms with Gasteiger partial charge in [-0.3, -0.25) is 4.79 Å². The summed E-state index contributed by atoms with van der Waals surface area (Å²) in [5, 5.41) is 6.32. The quantitative estimate of drug-likeness (QED) is 0.541. The van der Waals surface area contributed by atoms with Gasteiger partial charge in [0.1, 0.15) is 17.2 Å². The Morgan fingerprint density at radius 3 is 2.56 bits per heavy atom. The molecule has 3 aromatic rings. The number of anilines is 2. The van der Waals surface area contributed by atoms with Crippen molar-refractivity contribution < 1.29 is 18.4 Å². The number of primary amides is 1. The molecule has 0 bridgehead atoms. The average Bonchev–Trinajstić information content (AvgIpc) is 3.01. The van der Waals surface area contributed by atoms with Gasteiger partial charge in [0.05, 0.1) is 30.0 Å². The van der Waals surface area contributed by atoms with Crippen molar-refractivity contribution in [3.05, 3.63) is 47.7 Å². The molecule has 0 spiro atoms. The van der Waals surface area contributed by atoms with Gasteiger partial charge in [0.25, 0.3) is 0 Å². The molecule has 9 nitrogen and oxygen atoms in total. The van der Waals surface area contributed by atoms with Crippen LogP contribution in [0, 0.1) is 24.6 Å². The first-order valence-corrected chi connectivity index (χ1v) is 10.3. The van der Waals surface area contributed by atoms with E-state index in [0.717, 1.165) is 5.56 Å². The molecule has 32 heavy (non-hydrogen) atoms. The fraction of sp³-hybridized carbons (Fsp3) is 0.364. The number of hydrogen-bond acceptors (Lipinski definition) is 6. The fourth-order valence-electron chi connectivity index (χ4n) is 3.72. The molecular formula is C22H25FN6O3. The number of nitrogens with two attached hydrogens (primary N) is 1. The number of aryl methyl sites for hydroxylation is 1. The zero-order valence-corrected chi connectivity index (χ0v) is 18.1. The lowest BCUT2D eigenvalue weighted by Crippen LogP contribution is -2.53. The summed E-state index contributed by atoms with van der Waals surface area (Å²) in [6, 6.07) is 3.50. The van der Waals surface area contributed by atoms with Gasteiger partial charge in [0, 0.05) is 24.0 Å². The number of nitrogens with one attached hydrogen (secondary N) is 2. The minimum atomic E-state index is -0.441. The normalized spacial score (nSPS) is 15.0. The van der Waals surface area contributed by atoms with Crippen LogP contribution in [0.5, 0.6) is 0 Å². The molecule has 3 heterocycles. The van der Waals surface area contributed by atoms with Crippen LogP contribution < -0.4 is 21.3 Å². The average molecular weight is 440 g/mol. The Labute approximate surface area is 184 Å². The number of nitrogens with zero attached hydrogens (tertiary/aromatic N) is 3. The molecule has 4 rings (SSSR count). The minimum absolute atomic E-state index is 0.0214. The second kappa shape index (κ2) is 8.45. The van der Waals surface area contributed by atoms with Crippen molar-refractivity contribution in [1.29, 1.82) is 0 Å². The maximum absolute atomic E-state index is 13.6. The summed E-state index contributed by atoms with van der Waals surface area (Å²) in [5.41, 5.74) is 7.05. The molecule has 0 aliphatic carbocycles. The first kappa shape index (κ1) is 21.5. The van der Waals surface area contributed by atoms with Crippen LogP contribution in [0.1, 0.15) is 31.2 Å². The summed E-state index contributed by atoms with van der Waals surface area (Å²) in [6.07, 6.45) is 3.00. The third-order valence-electron chi connectivity index (χ3n) is 5.63. The molecule has 10 heteroatoms.